The zero-order valence-electron chi connectivity index (χ0n) is 16.6. The number of nitrogens with two attached hydrogens (primary N) is 1. The first-order valence-electron chi connectivity index (χ1n) is 10.0. The number of benzene rings is 1. The van der Waals surface area contributed by atoms with E-state index in [0.717, 1.165) is 12.8 Å². The van der Waals surface area contributed by atoms with Gasteiger partial charge in [0.1, 0.15) is 6.04 Å². The molecule has 2 N–H and O–H groups in total. The fourth-order valence-corrected chi connectivity index (χ4v) is 2.43. The van der Waals surface area contributed by atoms with Gasteiger partial charge in [-0.1, -0.05) is 101 Å². The Morgan fingerprint density at radius 3 is 1.80 bits per heavy atom. The van der Waals surface area contributed by atoms with Crippen LogP contribution in [0.2, 0.25) is 0 Å². The SMILES string of the molecule is CCCCCCCCCCCCOC(=O)[C@@H](C)N.Cc1ccccc1. The van der Waals surface area contributed by atoms with Gasteiger partial charge in [0.25, 0.3) is 0 Å². The minimum Gasteiger partial charge on any atom is -0.465 e. The number of hydrogen-bond donors (Lipinski definition) is 1. The first-order chi connectivity index (χ1) is 12.1. The van der Waals surface area contributed by atoms with Gasteiger partial charge in [-0.2, -0.15) is 0 Å². The van der Waals surface area contributed by atoms with Crippen molar-refractivity contribution in [3.05, 3.63) is 35.9 Å². The van der Waals surface area contributed by atoms with Crippen LogP contribution in [0.3, 0.4) is 0 Å². The molecule has 3 heteroatoms. The fourth-order valence-electron chi connectivity index (χ4n) is 2.43. The first-order valence-corrected chi connectivity index (χ1v) is 10.0. The molecule has 0 aliphatic carbocycles. The molecule has 144 valence electrons. The van der Waals surface area contributed by atoms with Crippen LogP contribution in [0.4, 0.5) is 0 Å². The van der Waals surface area contributed by atoms with E-state index < -0.39 is 6.04 Å². The molecular weight excluding hydrogens is 310 g/mol. The third-order valence-electron chi connectivity index (χ3n) is 4.05. The van der Waals surface area contributed by atoms with E-state index in [9.17, 15) is 4.79 Å². The van der Waals surface area contributed by atoms with Crippen molar-refractivity contribution in [3.8, 4) is 0 Å². The first kappa shape index (κ1) is 23.6. The predicted octanol–water partition coefficient (Wildman–Crippen LogP) is 5.79. The summed E-state index contributed by atoms with van der Waals surface area (Å²) in [6, 6.07) is 9.77. The maximum atomic E-state index is 11.1. The standard InChI is InChI=1S/C15H31NO2.C7H8/c1-3-4-5-6-7-8-9-10-11-12-13-18-15(17)14(2)16;1-7-5-3-2-4-6-7/h14H,3-13,16H2,1-2H3;2-6H,1H3/t14-;/m1./s1. The van der Waals surface area contributed by atoms with Crippen LogP contribution in [0.1, 0.15) is 83.6 Å². The molecule has 25 heavy (non-hydrogen) atoms. The quantitative estimate of drug-likeness (QED) is 0.383. The summed E-state index contributed by atoms with van der Waals surface area (Å²) in [5.41, 5.74) is 6.71. The van der Waals surface area contributed by atoms with Gasteiger partial charge in [0.15, 0.2) is 0 Å². The Hall–Kier alpha value is -1.35. The van der Waals surface area contributed by atoms with E-state index in [4.69, 9.17) is 10.5 Å². The van der Waals surface area contributed by atoms with E-state index in [-0.39, 0.29) is 5.97 Å². The number of aryl methyl sites for hydroxylation is 1. The highest BCUT2D eigenvalue weighted by atomic mass is 16.5. The minimum atomic E-state index is -0.492. The molecule has 0 aromatic heterocycles. The molecule has 3 nitrogen and oxygen atoms in total. The van der Waals surface area contributed by atoms with E-state index >= 15 is 0 Å². The second-order valence-corrected chi connectivity index (χ2v) is 6.79. The van der Waals surface area contributed by atoms with Gasteiger partial charge in [0, 0.05) is 0 Å². The lowest BCUT2D eigenvalue weighted by Crippen LogP contribution is -2.28. The van der Waals surface area contributed by atoms with Crippen molar-refractivity contribution in [2.24, 2.45) is 5.73 Å². The summed E-state index contributed by atoms with van der Waals surface area (Å²) >= 11 is 0. The number of ether oxygens (including phenoxy) is 1. The second kappa shape index (κ2) is 17.5. The average molecular weight is 350 g/mol. The summed E-state index contributed by atoms with van der Waals surface area (Å²) in [5, 5.41) is 0. The average Bonchev–Trinajstić information content (AvgIpc) is 2.60. The van der Waals surface area contributed by atoms with Gasteiger partial charge in [-0.05, 0) is 20.3 Å². The zero-order valence-corrected chi connectivity index (χ0v) is 16.6. The summed E-state index contributed by atoms with van der Waals surface area (Å²) in [7, 11) is 0. The monoisotopic (exact) mass is 349 g/mol. The van der Waals surface area contributed by atoms with Crippen molar-refractivity contribution >= 4 is 5.97 Å². The zero-order chi connectivity index (χ0) is 18.8. The highest BCUT2D eigenvalue weighted by Gasteiger charge is 2.07. The van der Waals surface area contributed by atoms with Crippen molar-refractivity contribution in [3.63, 3.8) is 0 Å². The summed E-state index contributed by atoms with van der Waals surface area (Å²) in [6.45, 7) is 6.51. The molecule has 0 saturated heterocycles. The Morgan fingerprint density at radius 1 is 0.920 bits per heavy atom. The Labute approximate surface area is 155 Å². The Morgan fingerprint density at radius 2 is 1.40 bits per heavy atom. The van der Waals surface area contributed by atoms with E-state index in [1.807, 2.05) is 18.2 Å². The largest absolute Gasteiger partial charge is 0.465 e. The molecule has 0 bridgehead atoms. The van der Waals surface area contributed by atoms with Gasteiger partial charge < -0.3 is 10.5 Å². The van der Waals surface area contributed by atoms with E-state index in [1.165, 1.54) is 56.9 Å². The third-order valence-corrected chi connectivity index (χ3v) is 4.05. The lowest BCUT2D eigenvalue weighted by molar-refractivity contribution is -0.144. The molecule has 0 heterocycles. The van der Waals surface area contributed by atoms with Gasteiger partial charge in [-0.15, -0.1) is 0 Å². The molecule has 0 aliphatic rings. The highest BCUT2D eigenvalue weighted by Crippen LogP contribution is 2.10. The molecule has 0 aliphatic heterocycles. The molecule has 0 spiro atoms. The lowest BCUT2D eigenvalue weighted by Gasteiger charge is -2.06. The molecule has 0 saturated carbocycles. The molecule has 1 rings (SSSR count). The van der Waals surface area contributed by atoms with Crippen LogP contribution < -0.4 is 5.73 Å². The van der Waals surface area contributed by atoms with Crippen LogP contribution in [-0.4, -0.2) is 18.6 Å². The number of carbonyl (C=O) groups is 1. The topological polar surface area (TPSA) is 52.3 Å². The Balaban J connectivity index is 0.000000676. The summed E-state index contributed by atoms with van der Waals surface area (Å²) < 4.78 is 5.01. The van der Waals surface area contributed by atoms with Crippen LogP contribution >= 0.6 is 0 Å². The second-order valence-electron chi connectivity index (χ2n) is 6.79. The van der Waals surface area contributed by atoms with Crippen molar-refractivity contribution in [2.45, 2.75) is 91.0 Å². The third kappa shape index (κ3) is 17.3. The van der Waals surface area contributed by atoms with Gasteiger partial charge in [-0.3, -0.25) is 4.79 Å². The molecule has 1 aromatic rings. The number of esters is 1. The number of hydrogen-bond acceptors (Lipinski definition) is 3. The smallest absolute Gasteiger partial charge is 0.322 e. The van der Waals surface area contributed by atoms with Crippen molar-refractivity contribution in [1.82, 2.24) is 0 Å². The van der Waals surface area contributed by atoms with Crippen LogP contribution in [0.15, 0.2) is 30.3 Å². The minimum absolute atomic E-state index is 0.286. The van der Waals surface area contributed by atoms with E-state index in [2.05, 4.69) is 26.0 Å². The predicted molar refractivity (Wildman–Crippen MR) is 108 cm³/mol. The van der Waals surface area contributed by atoms with Crippen LogP contribution in [0, 0.1) is 6.92 Å². The van der Waals surface area contributed by atoms with Crippen molar-refractivity contribution < 1.29 is 9.53 Å². The molecule has 1 atom stereocenters. The van der Waals surface area contributed by atoms with Gasteiger partial charge >= 0.3 is 5.97 Å². The summed E-state index contributed by atoms with van der Waals surface area (Å²) in [5.74, 6) is -0.286. The number of unbranched alkanes of at least 4 members (excludes halogenated alkanes) is 9. The maximum Gasteiger partial charge on any atom is 0.322 e. The summed E-state index contributed by atoms with van der Waals surface area (Å²) in [4.78, 5) is 11.1. The lowest BCUT2D eigenvalue weighted by atomic mass is 10.1. The molecular formula is C22H39NO2. The van der Waals surface area contributed by atoms with Gasteiger partial charge in [0.2, 0.25) is 0 Å². The Kier molecular flexibility index (Phi) is 16.5. The number of rotatable bonds is 12. The summed E-state index contributed by atoms with van der Waals surface area (Å²) in [6.07, 6.45) is 12.9. The van der Waals surface area contributed by atoms with Crippen molar-refractivity contribution in [2.75, 3.05) is 6.61 Å². The van der Waals surface area contributed by atoms with E-state index in [1.54, 1.807) is 6.92 Å². The molecule has 0 unspecified atom stereocenters. The van der Waals surface area contributed by atoms with Gasteiger partial charge in [0.05, 0.1) is 6.61 Å². The molecule has 0 fully saturated rings. The van der Waals surface area contributed by atoms with Crippen molar-refractivity contribution in [1.29, 1.82) is 0 Å². The molecule has 0 amide bonds. The maximum absolute atomic E-state index is 11.1. The normalized spacial score (nSPS) is 11.4. The van der Waals surface area contributed by atoms with Crippen LogP contribution in [-0.2, 0) is 9.53 Å². The number of carbonyl (C=O) groups excluding carboxylic acids is 1. The van der Waals surface area contributed by atoms with Crippen LogP contribution in [0.5, 0.6) is 0 Å². The highest BCUT2D eigenvalue weighted by molar-refractivity contribution is 5.74. The molecule has 1 aromatic carbocycles. The molecule has 0 radical (unpaired) electrons. The van der Waals surface area contributed by atoms with Gasteiger partial charge in [-0.25, -0.2) is 0 Å². The Bertz CT molecular complexity index is 404. The van der Waals surface area contributed by atoms with Crippen LogP contribution in [0.25, 0.3) is 0 Å². The van der Waals surface area contributed by atoms with E-state index in [0.29, 0.717) is 6.61 Å². The fraction of sp³-hybridized carbons (Fsp3) is 0.682.